The Kier molecular flexibility index (Phi) is 8.70. The highest BCUT2D eigenvalue weighted by Gasteiger charge is 2.63. The van der Waals surface area contributed by atoms with Gasteiger partial charge in [0.25, 0.3) is 5.91 Å². The number of nitrogens with one attached hydrogen (secondary N) is 3. The number of fused-ring (bicyclic) bond motifs is 1. The third kappa shape index (κ3) is 6.08. The Labute approximate surface area is 247 Å². The van der Waals surface area contributed by atoms with Gasteiger partial charge in [0, 0.05) is 13.1 Å². The standard InChI is InChI=1S/C32H43N5O5/c1-18-11-22-12-23-16-32(15-18,25(23)14-22)30(41)34-17-26(29(40)42-4)37-28(39)27-19(2)35-31(36-20(27)3)33-10-6-8-21-7-5-9-24(38)13-21/h5,7,9,13,18,22-23,25-26,38H,6,8,10-12,14-17H2,1-4H3,(H,34,41)(H,37,39)(H,33,35,36). The van der Waals surface area contributed by atoms with Crippen molar-refractivity contribution in [1.29, 1.82) is 0 Å². The summed E-state index contributed by atoms with van der Waals surface area (Å²) >= 11 is 0. The Morgan fingerprint density at radius 3 is 2.60 bits per heavy atom. The molecule has 0 spiro atoms. The minimum absolute atomic E-state index is 0.00325. The minimum atomic E-state index is -1.03. The number of methoxy groups -OCH3 is 1. The van der Waals surface area contributed by atoms with Gasteiger partial charge in [0.1, 0.15) is 11.8 Å². The molecule has 10 heteroatoms. The molecular formula is C32H43N5O5. The zero-order valence-electron chi connectivity index (χ0n) is 25.0. The normalized spacial score (nSPS) is 26.4. The average Bonchev–Trinajstić information content (AvgIpc) is 3.21. The van der Waals surface area contributed by atoms with Gasteiger partial charge in [-0.05, 0) is 100 Å². The van der Waals surface area contributed by atoms with Crippen molar-refractivity contribution >= 4 is 23.7 Å². The summed E-state index contributed by atoms with van der Waals surface area (Å²) in [4.78, 5) is 48.4. The molecule has 2 amide bonds. The van der Waals surface area contributed by atoms with E-state index in [0.29, 0.717) is 41.6 Å². The lowest BCUT2D eigenvalue weighted by Gasteiger charge is -2.52. The molecule has 6 atom stereocenters. The first-order chi connectivity index (χ1) is 20.1. The quantitative estimate of drug-likeness (QED) is 0.234. The molecule has 0 aliphatic heterocycles. The van der Waals surface area contributed by atoms with Gasteiger partial charge in [0.15, 0.2) is 0 Å². The zero-order chi connectivity index (χ0) is 30.0. The summed E-state index contributed by atoms with van der Waals surface area (Å²) in [5, 5.41) is 18.6. The fourth-order valence-electron chi connectivity index (χ4n) is 7.92. The largest absolute Gasteiger partial charge is 0.508 e. The summed E-state index contributed by atoms with van der Waals surface area (Å²) in [6.45, 7) is 6.28. The maximum Gasteiger partial charge on any atom is 0.330 e. The summed E-state index contributed by atoms with van der Waals surface area (Å²) in [5.74, 6) is 1.86. The van der Waals surface area contributed by atoms with Gasteiger partial charge < -0.3 is 25.8 Å². The van der Waals surface area contributed by atoms with Crippen LogP contribution in [0.5, 0.6) is 5.75 Å². The number of carbonyl (C=O) groups is 3. The van der Waals surface area contributed by atoms with Crippen molar-refractivity contribution in [2.45, 2.75) is 71.8 Å². The van der Waals surface area contributed by atoms with Gasteiger partial charge in [0.05, 0.1) is 29.5 Å². The van der Waals surface area contributed by atoms with Crippen LogP contribution >= 0.6 is 0 Å². The van der Waals surface area contributed by atoms with Gasteiger partial charge in [-0.2, -0.15) is 0 Å². The summed E-state index contributed by atoms with van der Waals surface area (Å²) in [5.41, 5.74) is 1.93. The number of nitrogens with zero attached hydrogens (tertiary/aromatic N) is 2. The number of anilines is 1. The molecular weight excluding hydrogens is 534 g/mol. The number of hydrogen-bond acceptors (Lipinski definition) is 8. The van der Waals surface area contributed by atoms with E-state index in [1.165, 1.54) is 20.0 Å². The Balaban J connectivity index is 1.18. The zero-order valence-corrected chi connectivity index (χ0v) is 25.0. The highest BCUT2D eigenvalue weighted by atomic mass is 16.5. The lowest BCUT2D eigenvalue weighted by molar-refractivity contribution is -0.150. The first-order valence-corrected chi connectivity index (χ1v) is 15.1. The van der Waals surface area contributed by atoms with Crippen molar-refractivity contribution in [2.24, 2.45) is 29.1 Å². The molecule has 5 rings (SSSR count). The molecule has 3 aliphatic carbocycles. The van der Waals surface area contributed by atoms with Crippen molar-refractivity contribution in [1.82, 2.24) is 20.6 Å². The molecule has 226 valence electrons. The van der Waals surface area contributed by atoms with E-state index in [4.69, 9.17) is 4.74 Å². The SMILES string of the molecule is COC(=O)C(CNC(=O)C12CC(C)CC3CC(C1)C2C3)NC(=O)c1c(C)nc(NCCCc2cccc(O)c2)nc1C. The molecule has 2 aromatic rings. The van der Waals surface area contributed by atoms with E-state index < -0.39 is 17.9 Å². The number of amides is 2. The van der Waals surface area contributed by atoms with Crippen LogP contribution in [0.3, 0.4) is 0 Å². The number of phenolic OH excluding ortho intramolecular Hbond substituents is 1. The first kappa shape index (κ1) is 29.8. The maximum atomic E-state index is 13.6. The first-order valence-electron chi connectivity index (χ1n) is 15.1. The van der Waals surface area contributed by atoms with E-state index in [2.05, 4.69) is 32.8 Å². The lowest BCUT2D eigenvalue weighted by Crippen LogP contribution is -2.58. The summed E-state index contributed by atoms with van der Waals surface area (Å²) in [6.07, 6.45) is 6.95. The molecule has 0 radical (unpaired) electrons. The van der Waals surface area contributed by atoms with E-state index in [-0.39, 0.29) is 29.2 Å². The number of aromatic hydroxyl groups is 1. The molecule has 3 saturated carbocycles. The average molecular weight is 578 g/mol. The number of benzene rings is 1. The molecule has 42 heavy (non-hydrogen) atoms. The van der Waals surface area contributed by atoms with Crippen LogP contribution in [0.15, 0.2) is 24.3 Å². The van der Waals surface area contributed by atoms with Crippen molar-refractivity contribution in [3.8, 4) is 5.75 Å². The lowest BCUT2D eigenvalue weighted by atomic mass is 9.51. The molecule has 2 bridgehead atoms. The molecule has 3 aliphatic rings. The number of carbonyl (C=O) groups excluding carboxylic acids is 3. The van der Waals surface area contributed by atoms with Crippen molar-refractivity contribution in [2.75, 3.05) is 25.5 Å². The third-order valence-electron chi connectivity index (χ3n) is 9.62. The second kappa shape index (κ2) is 12.3. The molecule has 3 fully saturated rings. The van der Waals surface area contributed by atoms with E-state index in [9.17, 15) is 19.5 Å². The van der Waals surface area contributed by atoms with Crippen LogP contribution in [0.4, 0.5) is 5.95 Å². The molecule has 0 saturated heterocycles. The smallest absolute Gasteiger partial charge is 0.330 e. The Bertz CT molecular complexity index is 1330. The number of hydrogen-bond donors (Lipinski definition) is 4. The monoisotopic (exact) mass is 577 g/mol. The van der Waals surface area contributed by atoms with Crippen LogP contribution in [-0.2, 0) is 20.7 Å². The predicted molar refractivity (Wildman–Crippen MR) is 158 cm³/mol. The van der Waals surface area contributed by atoms with Crippen LogP contribution in [0.2, 0.25) is 0 Å². The number of esters is 1. The number of aromatic nitrogens is 2. The second-order valence-corrected chi connectivity index (χ2v) is 12.7. The maximum absolute atomic E-state index is 13.6. The number of aryl methyl sites for hydroxylation is 3. The Morgan fingerprint density at radius 2 is 1.88 bits per heavy atom. The van der Waals surface area contributed by atoms with E-state index in [1.54, 1.807) is 26.0 Å². The van der Waals surface area contributed by atoms with Gasteiger partial charge in [0.2, 0.25) is 11.9 Å². The molecule has 1 heterocycles. The summed E-state index contributed by atoms with van der Waals surface area (Å²) < 4.78 is 4.96. The van der Waals surface area contributed by atoms with E-state index in [0.717, 1.165) is 43.6 Å². The van der Waals surface area contributed by atoms with Crippen LogP contribution in [0.1, 0.15) is 72.8 Å². The molecule has 6 unspecified atom stereocenters. The van der Waals surface area contributed by atoms with Crippen LogP contribution < -0.4 is 16.0 Å². The summed E-state index contributed by atoms with van der Waals surface area (Å²) in [7, 11) is 1.27. The van der Waals surface area contributed by atoms with Gasteiger partial charge in [-0.15, -0.1) is 0 Å². The van der Waals surface area contributed by atoms with Crippen LogP contribution in [-0.4, -0.2) is 59.1 Å². The van der Waals surface area contributed by atoms with Gasteiger partial charge >= 0.3 is 5.97 Å². The Hall–Kier alpha value is -3.69. The number of ether oxygens (including phenoxy) is 1. The van der Waals surface area contributed by atoms with Crippen molar-refractivity contribution in [3.63, 3.8) is 0 Å². The van der Waals surface area contributed by atoms with Crippen LogP contribution in [0, 0.1) is 42.9 Å². The van der Waals surface area contributed by atoms with Crippen LogP contribution in [0.25, 0.3) is 0 Å². The van der Waals surface area contributed by atoms with Crippen molar-refractivity contribution < 1.29 is 24.2 Å². The fraction of sp³-hybridized carbons (Fsp3) is 0.594. The minimum Gasteiger partial charge on any atom is -0.508 e. The van der Waals surface area contributed by atoms with Crippen molar-refractivity contribution in [3.05, 3.63) is 46.8 Å². The molecule has 10 nitrogen and oxygen atoms in total. The predicted octanol–water partition coefficient (Wildman–Crippen LogP) is 3.69. The highest BCUT2D eigenvalue weighted by Crippen LogP contribution is 2.66. The molecule has 4 N–H and O–H groups in total. The molecule has 1 aromatic carbocycles. The second-order valence-electron chi connectivity index (χ2n) is 12.7. The summed E-state index contributed by atoms with van der Waals surface area (Å²) in [6, 6.07) is 6.14. The number of rotatable bonds is 11. The molecule has 1 aromatic heterocycles. The van der Waals surface area contributed by atoms with Gasteiger partial charge in [-0.3, -0.25) is 9.59 Å². The van der Waals surface area contributed by atoms with E-state index in [1.807, 2.05) is 12.1 Å². The highest BCUT2D eigenvalue weighted by molar-refractivity contribution is 5.98. The topological polar surface area (TPSA) is 143 Å². The van der Waals surface area contributed by atoms with Gasteiger partial charge in [-0.1, -0.05) is 19.1 Å². The number of phenols is 1. The van der Waals surface area contributed by atoms with Gasteiger partial charge in [-0.25, -0.2) is 14.8 Å². The third-order valence-corrected chi connectivity index (χ3v) is 9.62. The van der Waals surface area contributed by atoms with E-state index >= 15 is 0 Å². The Morgan fingerprint density at radius 1 is 1.12 bits per heavy atom. The fourth-order valence-corrected chi connectivity index (χ4v) is 7.92.